The molecule has 4 rings (SSSR count). The summed E-state index contributed by atoms with van der Waals surface area (Å²) in [6.45, 7) is 0. The number of aromatic carboxylic acids is 1. The summed E-state index contributed by atoms with van der Waals surface area (Å²) in [5.41, 5.74) is -0.687. The average Bonchev–Trinajstić information content (AvgIpc) is 2.69. The number of aliphatic hydroxyl groups is 3. The Labute approximate surface area is 191 Å². The molecule has 0 spiro atoms. The van der Waals surface area contributed by atoms with E-state index in [1.807, 2.05) is 0 Å². The van der Waals surface area contributed by atoms with Gasteiger partial charge < -0.3 is 31.3 Å². The average molecular weight is 476 g/mol. The third-order valence-corrected chi connectivity index (χ3v) is 6.88. The van der Waals surface area contributed by atoms with E-state index in [4.69, 9.17) is 5.73 Å². The molecule has 1 amide bonds. The summed E-state index contributed by atoms with van der Waals surface area (Å²) in [7, 11) is 2.99. The minimum absolute atomic E-state index is 0.0156. The summed E-state index contributed by atoms with van der Waals surface area (Å²) in [5, 5.41) is 52.7. The number of ketones is 2. The molecule has 12 heteroatoms. The summed E-state index contributed by atoms with van der Waals surface area (Å²) in [6.07, 6.45) is -0.298. The predicted octanol–water partition coefficient (Wildman–Crippen LogP) is -0.0421. The molecule has 0 radical (unpaired) electrons. The number of likely N-dealkylation sites (N-methyl/N-ethyl adjacent to an activating group) is 1. The molecule has 3 aliphatic carbocycles. The highest BCUT2D eigenvalue weighted by molar-refractivity contribution is 6.25. The van der Waals surface area contributed by atoms with Gasteiger partial charge in [-0.05, 0) is 44.5 Å². The first kappa shape index (κ1) is 23.4. The number of benzene rings is 1. The number of phenols is 1. The summed E-state index contributed by atoms with van der Waals surface area (Å²) in [5.74, 6) is -11.9. The molecule has 7 N–H and O–H groups in total. The lowest BCUT2D eigenvalue weighted by molar-refractivity contribution is -0.148. The van der Waals surface area contributed by atoms with E-state index < -0.39 is 92.3 Å². The number of aromatic hydroxyl groups is 1. The maximum atomic E-state index is 14.3. The van der Waals surface area contributed by atoms with Crippen molar-refractivity contribution >= 4 is 23.4 Å². The van der Waals surface area contributed by atoms with E-state index in [2.05, 4.69) is 0 Å². The van der Waals surface area contributed by atoms with Gasteiger partial charge in [0.2, 0.25) is 5.78 Å². The molecule has 180 valence electrons. The van der Waals surface area contributed by atoms with Crippen molar-refractivity contribution in [1.29, 1.82) is 0 Å². The van der Waals surface area contributed by atoms with E-state index in [0.717, 1.165) is 6.07 Å². The Morgan fingerprint density at radius 2 is 1.82 bits per heavy atom. The first-order chi connectivity index (χ1) is 15.7. The van der Waals surface area contributed by atoms with E-state index in [9.17, 15) is 49.1 Å². The van der Waals surface area contributed by atoms with E-state index >= 15 is 0 Å². The van der Waals surface area contributed by atoms with Crippen molar-refractivity contribution < 1.29 is 49.1 Å². The molecule has 1 aromatic rings. The second-order valence-corrected chi connectivity index (χ2v) is 8.88. The van der Waals surface area contributed by atoms with Gasteiger partial charge in [-0.1, -0.05) is 0 Å². The van der Waals surface area contributed by atoms with Gasteiger partial charge in [0, 0.05) is 11.5 Å². The van der Waals surface area contributed by atoms with Crippen LogP contribution in [0, 0.1) is 17.7 Å². The zero-order valence-electron chi connectivity index (χ0n) is 18.0. The number of nitrogens with zero attached hydrogens (tertiary/aromatic N) is 1. The molecular weight excluding hydrogens is 455 g/mol. The lowest BCUT2D eigenvalue weighted by Gasteiger charge is -2.50. The molecule has 0 saturated heterocycles. The number of aliphatic hydroxyl groups excluding tert-OH is 2. The Bertz CT molecular complexity index is 1270. The minimum atomic E-state index is -2.81. The largest absolute Gasteiger partial charge is 0.510 e. The number of rotatable bonds is 3. The maximum Gasteiger partial charge on any atom is 0.342 e. The number of halogens is 1. The lowest BCUT2D eigenvalue weighted by Crippen LogP contribution is -2.63. The normalized spacial score (nSPS) is 28.6. The fourth-order valence-electron chi connectivity index (χ4n) is 5.47. The molecule has 1 aromatic carbocycles. The predicted molar refractivity (Wildman–Crippen MR) is 111 cm³/mol. The summed E-state index contributed by atoms with van der Waals surface area (Å²) in [6, 6.07) is -0.340. The molecule has 0 fully saturated rings. The first-order valence-electron chi connectivity index (χ1n) is 10.2. The first-order valence-corrected chi connectivity index (χ1v) is 10.2. The Morgan fingerprint density at radius 3 is 2.35 bits per heavy atom. The number of primary amides is 1. The van der Waals surface area contributed by atoms with Crippen LogP contribution in [0.15, 0.2) is 28.7 Å². The number of fused-ring (bicyclic) bond motifs is 3. The van der Waals surface area contributed by atoms with Crippen LogP contribution in [0.4, 0.5) is 4.39 Å². The number of carbonyl (C=O) groups excluding carboxylic acids is 3. The molecule has 0 saturated carbocycles. The molecular formula is C22H21FN2O9. The van der Waals surface area contributed by atoms with Crippen LogP contribution in [0.3, 0.4) is 0 Å². The van der Waals surface area contributed by atoms with Gasteiger partial charge in [-0.2, -0.15) is 0 Å². The van der Waals surface area contributed by atoms with Crippen LogP contribution in [0.25, 0.3) is 0 Å². The topological polar surface area (TPSA) is 199 Å². The Morgan fingerprint density at radius 1 is 1.21 bits per heavy atom. The van der Waals surface area contributed by atoms with Crippen molar-refractivity contribution in [2.75, 3.05) is 14.1 Å². The van der Waals surface area contributed by atoms with Gasteiger partial charge in [0.15, 0.2) is 11.4 Å². The van der Waals surface area contributed by atoms with Crippen LogP contribution in [-0.4, -0.2) is 79.6 Å². The van der Waals surface area contributed by atoms with Crippen molar-refractivity contribution in [1.82, 2.24) is 4.90 Å². The fourth-order valence-corrected chi connectivity index (χ4v) is 5.47. The number of Topliss-reactive ketones (excluding diaryl/α,β-unsaturated/α-hetero) is 2. The lowest BCUT2D eigenvalue weighted by atomic mass is 9.58. The van der Waals surface area contributed by atoms with Gasteiger partial charge in [0.1, 0.15) is 34.2 Å². The van der Waals surface area contributed by atoms with Crippen LogP contribution in [0.2, 0.25) is 0 Å². The second kappa shape index (κ2) is 7.37. The quantitative estimate of drug-likeness (QED) is 0.322. The van der Waals surface area contributed by atoms with Gasteiger partial charge in [-0.25, -0.2) is 9.18 Å². The molecule has 4 atom stereocenters. The van der Waals surface area contributed by atoms with Crippen LogP contribution >= 0.6 is 0 Å². The van der Waals surface area contributed by atoms with Crippen molar-refractivity contribution in [3.8, 4) is 5.75 Å². The van der Waals surface area contributed by atoms with E-state index in [1.165, 1.54) is 19.0 Å². The zero-order valence-corrected chi connectivity index (χ0v) is 18.0. The van der Waals surface area contributed by atoms with Crippen molar-refractivity contribution in [2.45, 2.75) is 24.5 Å². The van der Waals surface area contributed by atoms with E-state index in [1.54, 1.807) is 0 Å². The van der Waals surface area contributed by atoms with Crippen LogP contribution in [0.5, 0.6) is 5.75 Å². The third-order valence-electron chi connectivity index (χ3n) is 6.88. The fraction of sp³-hybridized carbons (Fsp3) is 0.364. The number of carbonyl (C=O) groups is 4. The molecule has 0 aromatic heterocycles. The zero-order chi connectivity index (χ0) is 25.4. The van der Waals surface area contributed by atoms with Crippen molar-refractivity contribution in [3.63, 3.8) is 0 Å². The SMILES string of the molecule is CN(C)[C@@H]1C(O)=C(C(N)=O)C(=O)[C@@]2(O)C(O)=C3C(=O)c4c(cc(F)c(C(=O)O)c4O)C[C@H]3C[C@@H]12. The van der Waals surface area contributed by atoms with Crippen molar-refractivity contribution in [2.24, 2.45) is 17.6 Å². The monoisotopic (exact) mass is 476 g/mol. The molecule has 34 heavy (non-hydrogen) atoms. The van der Waals surface area contributed by atoms with Crippen LogP contribution in [0.1, 0.15) is 32.7 Å². The van der Waals surface area contributed by atoms with E-state index in [-0.39, 0.29) is 18.4 Å². The Balaban J connectivity index is 1.98. The van der Waals surface area contributed by atoms with Gasteiger partial charge in [-0.3, -0.25) is 19.3 Å². The number of hydrogen-bond donors (Lipinski definition) is 6. The smallest absolute Gasteiger partial charge is 0.342 e. The standard InChI is InChI=1S/C22H21FN2O9/c1-25(2)14-8-4-6-3-7-5-9(23)12(21(32)33)16(27)10(7)15(26)11(6)18(29)22(8,34)19(30)13(17(14)28)20(24)31/h5-6,8,14,27-29,34H,3-4H2,1-2H3,(H2,24,31)(H,32,33)/t6-,8-,14-,22-/m0/s1. The van der Waals surface area contributed by atoms with Crippen LogP contribution in [-0.2, 0) is 16.0 Å². The number of amides is 1. The minimum Gasteiger partial charge on any atom is -0.510 e. The molecule has 11 nitrogen and oxygen atoms in total. The van der Waals surface area contributed by atoms with Gasteiger partial charge in [0.25, 0.3) is 5.91 Å². The molecule has 3 aliphatic rings. The van der Waals surface area contributed by atoms with Gasteiger partial charge in [-0.15, -0.1) is 0 Å². The highest BCUT2D eigenvalue weighted by Gasteiger charge is 2.63. The van der Waals surface area contributed by atoms with E-state index in [0.29, 0.717) is 0 Å². The molecule has 0 aliphatic heterocycles. The third kappa shape index (κ3) is 2.82. The van der Waals surface area contributed by atoms with Gasteiger partial charge >= 0.3 is 5.97 Å². The maximum absolute atomic E-state index is 14.3. The number of hydrogen-bond acceptors (Lipinski definition) is 9. The van der Waals surface area contributed by atoms with Gasteiger partial charge in [0.05, 0.1) is 11.6 Å². The molecule has 0 heterocycles. The Kier molecular flexibility index (Phi) is 5.07. The molecule has 0 unspecified atom stereocenters. The molecule has 0 bridgehead atoms. The Hall–Kier alpha value is -3.77. The van der Waals surface area contributed by atoms with Crippen molar-refractivity contribution in [3.05, 3.63) is 51.2 Å². The highest BCUT2D eigenvalue weighted by atomic mass is 19.1. The highest BCUT2D eigenvalue weighted by Crippen LogP contribution is 2.52. The number of carboxylic acid groups (broad SMARTS) is 1. The summed E-state index contributed by atoms with van der Waals surface area (Å²) < 4.78 is 14.3. The number of carboxylic acids is 1. The second-order valence-electron chi connectivity index (χ2n) is 8.88. The number of nitrogens with two attached hydrogens (primary N) is 1. The number of allylic oxidation sites excluding steroid dienone is 1. The summed E-state index contributed by atoms with van der Waals surface area (Å²) in [4.78, 5) is 51.1. The van der Waals surface area contributed by atoms with Crippen LogP contribution < -0.4 is 5.73 Å². The summed E-state index contributed by atoms with van der Waals surface area (Å²) >= 11 is 0.